The number of halogens is 1. The molecule has 0 saturated carbocycles. The topological polar surface area (TPSA) is 129 Å². The van der Waals surface area contributed by atoms with Crippen LogP contribution in [-0.2, 0) is 6.54 Å². The predicted octanol–water partition coefficient (Wildman–Crippen LogP) is 4.24. The number of hydrogen-bond acceptors (Lipinski definition) is 6. The van der Waals surface area contributed by atoms with Gasteiger partial charge in [-0.25, -0.2) is 9.78 Å². The van der Waals surface area contributed by atoms with Gasteiger partial charge in [-0.1, -0.05) is 23.7 Å². The van der Waals surface area contributed by atoms with E-state index in [1.165, 1.54) is 35.2 Å². The van der Waals surface area contributed by atoms with E-state index >= 15 is 0 Å². The maximum atomic E-state index is 13.0. The van der Waals surface area contributed by atoms with Crippen molar-refractivity contribution >= 4 is 28.5 Å². The Hall–Kier alpha value is -4.66. The van der Waals surface area contributed by atoms with Crippen LogP contribution in [0.1, 0.15) is 21.5 Å². The summed E-state index contributed by atoms with van der Waals surface area (Å²) in [5.74, 6) is -0.593. The normalized spacial score (nSPS) is 10.4. The van der Waals surface area contributed by atoms with Crippen LogP contribution in [0.3, 0.4) is 0 Å². The molecular formula is C25H15ClN4O4. The maximum Gasteiger partial charge on any atom is 0.335 e. The minimum atomic E-state index is -1.05. The Bertz CT molecular complexity index is 1580. The Morgan fingerprint density at radius 3 is 2.68 bits per heavy atom. The number of rotatable bonds is 6. The molecule has 166 valence electrons. The average molecular weight is 471 g/mol. The van der Waals surface area contributed by atoms with Crippen LogP contribution in [0, 0.1) is 22.7 Å². The summed E-state index contributed by atoms with van der Waals surface area (Å²) in [6.45, 7) is 0.209. The van der Waals surface area contributed by atoms with E-state index in [0.29, 0.717) is 27.4 Å². The lowest BCUT2D eigenvalue weighted by atomic mass is 10.0. The van der Waals surface area contributed by atoms with Crippen molar-refractivity contribution in [1.82, 2.24) is 9.55 Å². The van der Waals surface area contributed by atoms with Gasteiger partial charge in [0.25, 0.3) is 5.56 Å². The molecule has 0 bridgehead atoms. The molecule has 4 rings (SSSR count). The molecule has 0 spiro atoms. The van der Waals surface area contributed by atoms with Crippen LogP contribution in [0.4, 0.5) is 0 Å². The first kappa shape index (κ1) is 22.5. The SMILES string of the molecule is N#Cc1ccc2ncn(CCOc3ccc(Cl)cc3-c3cccc(C(=O)O)c3)c(=O)c2c1C#N. The number of carbonyl (C=O) groups is 1. The molecule has 3 aromatic carbocycles. The predicted molar refractivity (Wildman–Crippen MR) is 125 cm³/mol. The second-order valence-corrected chi connectivity index (χ2v) is 7.66. The third kappa shape index (κ3) is 4.31. The smallest absolute Gasteiger partial charge is 0.335 e. The largest absolute Gasteiger partial charge is 0.491 e. The molecule has 1 N–H and O–H groups in total. The van der Waals surface area contributed by atoms with Crippen molar-refractivity contribution in [3.8, 4) is 29.0 Å². The van der Waals surface area contributed by atoms with Gasteiger partial charge in [0.15, 0.2) is 0 Å². The number of nitriles is 2. The number of hydrogen-bond donors (Lipinski definition) is 1. The third-order valence-electron chi connectivity index (χ3n) is 5.18. The summed E-state index contributed by atoms with van der Waals surface area (Å²) in [6.07, 6.45) is 1.36. The summed E-state index contributed by atoms with van der Waals surface area (Å²) in [5.41, 5.74) is 1.32. The number of nitrogens with zero attached hydrogens (tertiary/aromatic N) is 4. The summed E-state index contributed by atoms with van der Waals surface area (Å²) < 4.78 is 7.22. The highest BCUT2D eigenvalue weighted by molar-refractivity contribution is 6.31. The van der Waals surface area contributed by atoms with Crippen molar-refractivity contribution in [3.05, 3.63) is 93.0 Å². The summed E-state index contributed by atoms with van der Waals surface area (Å²) in [4.78, 5) is 28.6. The molecule has 0 aliphatic rings. The lowest BCUT2D eigenvalue weighted by molar-refractivity contribution is 0.0697. The first-order valence-electron chi connectivity index (χ1n) is 10.0. The molecular weight excluding hydrogens is 456 g/mol. The van der Waals surface area contributed by atoms with E-state index in [2.05, 4.69) is 4.98 Å². The molecule has 1 aromatic heterocycles. The van der Waals surface area contributed by atoms with Crippen molar-refractivity contribution < 1.29 is 14.6 Å². The highest BCUT2D eigenvalue weighted by atomic mass is 35.5. The Morgan fingerprint density at radius 1 is 1.12 bits per heavy atom. The van der Waals surface area contributed by atoms with Crippen molar-refractivity contribution in [1.29, 1.82) is 10.5 Å². The zero-order chi connectivity index (χ0) is 24.2. The molecule has 4 aromatic rings. The molecule has 0 atom stereocenters. The van der Waals surface area contributed by atoms with E-state index in [9.17, 15) is 25.2 Å². The fraction of sp³-hybridized carbons (Fsp3) is 0.0800. The molecule has 1 heterocycles. The summed E-state index contributed by atoms with van der Waals surface area (Å²) in [5, 5.41) is 28.5. The van der Waals surface area contributed by atoms with Crippen LogP contribution < -0.4 is 10.3 Å². The molecule has 34 heavy (non-hydrogen) atoms. The van der Waals surface area contributed by atoms with Crippen molar-refractivity contribution in [3.63, 3.8) is 0 Å². The second-order valence-electron chi connectivity index (χ2n) is 7.22. The van der Waals surface area contributed by atoms with E-state index in [1.807, 2.05) is 12.1 Å². The number of carboxylic acids is 1. The van der Waals surface area contributed by atoms with Gasteiger partial charge in [-0.2, -0.15) is 10.5 Å². The van der Waals surface area contributed by atoms with Crippen LogP contribution in [0.15, 0.2) is 65.7 Å². The zero-order valence-corrected chi connectivity index (χ0v) is 18.3. The maximum absolute atomic E-state index is 13.0. The number of benzene rings is 3. The molecule has 0 amide bonds. The fourth-order valence-corrected chi connectivity index (χ4v) is 3.71. The monoisotopic (exact) mass is 470 g/mol. The van der Waals surface area contributed by atoms with Crippen LogP contribution in [0.5, 0.6) is 5.75 Å². The number of carboxylic acid groups (broad SMARTS) is 1. The number of aromatic carboxylic acids is 1. The van der Waals surface area contributed by atoms with Gasteiger partial charge < -0.3 is 9.84 Å². The Balaban J connectivity index is 1.63. The number of ether oxygens (including phenoxy) is 1. The van der Waals surface area contributed by atoms with Gasteiger partial charge in [0, 0.05) is 10.6 Å². The van der Waals surface area contributed by atoms with Gasteiger partial charge >= 0.3 is 5.97 Å². The highest BCUT2D eigenvalue weighted by Crippen LogP contribution is 2.33. The van der Waals surface area contributed by atoms with E-state index < -0.39 is 11.5 Å². The van der Waals surface area contributed by atoms with Gasteiger partial charge in [-0.3, -0.25) is 9.36 Å². The first-order chi connectivity index (χ1) is 16.4. The lowest BCUT2D eigenvalue weighted by Gasteiger charge is -2.14. The van der Waals surface area contributed by atoms with Gasteiger partial charge in [-0.15, -0.1) is 0 Å². The van der Waals surface area contributed by atoms with Crippen LogP contribution in [0.25, 0.3) is 22.0 Å². The molecule has 0 radical (unpaired) electrons. The van der Waals surface area contributed by atoms with Crippen molar-refractivity contribution in [2.24, 2.45) is 0 Å². The van der Waals surface area contributed by atoms with Crippen molar-refractivity contribution in [2.75, 3.05) is 6.61 Å². The lowest BCUT2D eigenvalue weighted by Crippen LogP contribution is -2.24. The van der Waals surface area contributed by atoms with E-state index in [1.54, 1.807) is 30.3 Å². The van der Waals surface area contributed by atoms with E-state index in [0.717, 1.165) is 0 Å². The molecule has 0 aliphatic heterocycles. The molecule has 0 aliphatic carbocycles. The standard InChI is InChI=1S/C25H15ClN4O4/c26-18-5-7-22(19(11-18)15-2-1-3-16(10-15)25(32)33)34-9-8-30-14-29-21-6-4-17(12-27)20(13-28)23(21)24(30)31/h1-7,10-11,14H,8-9H2,(H,32,33). The average Bonchev–Trinajstić information content (AvgIpc) is 2.85. The fourth-order valence-electron chi connectivity index (χ4n) is 3.54. The van der Waals surface area contributed by atoms with Gasteiger partial charge in [-0.05, 0) is 48.0 Å². The number of fused-ring (bicyclic) bond motifs is 1. The molecule has 9 heteroatoms. The number of aromatic nitrogens is 2. The molecule has 0 fully saturated rings. The van der Waals surface area contributed by atoms with Crippen LogP contribution >= 0.6 is 11.6 Å². The quantitative estimate of drug-likeness (QED) is 0.446. The summed E-state index contributed by atoms with van der Waals surface area (Å²) in [6, 6.07) is 18.2. The summed E-state index contributed by atoms with van der Waals surface area (Å²) >= 11 is 6.15. The van der Waals surface area contributed by atoms with Gasteiger partial charge in [0.2, 0.25) is 0 Å². The molecule has 0 saturated heterocycles. The van der Waals surface area contributed by atoms with Crippen LogP contribution in [-0.4, -0.2) is 27.2 Å². The Labute approximate surface area is 198 Å². The zero-order valence-electron chi connectivity index (χ0n) is 17.5. The van der Waals surface area contributed by atoms with E-state index in [-0.39, 0.29) is 35.2 Å². The van der Waals surface area contributed by atoms with Crippen molar-refractivity contribution in [2.45, 2.75) is 6.54 Å². The third-order valence-corrected chi connectivity index (χ3v) is 5.41. The minimum absolute atomic E-state index is 0.00827. The summed E-state index contributed by atoms with van der Waals surface area (Å²) in [7, 11) is 0. The molecule has 0 unspecified atom stereocenters. The Morgan fingerprint density at radius 2 is 1.94 bits per heavy atom. The van der Waals surface area contributed by atoms with E-state index in [4.69, 9.17) is 16.3 Å². The van der Waals surface area contributed by atoms with Gasteiger partial charge in [0.05, 0.1) is 40.5 Å². The highest BCUT2D eigenvalue weighted by Gasteiger charge is 2.14. The Kier molecular flexibility index (Phi) is 6.26. The first-order valence-corrected chi connectivity index (χ1v) is 10.4. The van der Waals surface area contributed by atoms with Gasteiger partial charge in [0.1, 0.15) is 24.5 Å². The van der Waals surface area contributed by atoms with Crippen LogP contribution in [0.2, 0.25) is 5.02 Å². The molecule has 8 nitrogen and oxygen atoms in total. The minimum Gasteiger partial charge on any atom is -0.491 e. The second kappa shape index (κ2) is 9.45.